The lowest BCUT2D eigenvalue weighted by atomic mass is 9.96. The Bertz CT molecular complexity index is 934. The molecule has 0 aliphatic carbocycles. The highest BCUT2D eigenvalue weighted by Gasteiger charge is 2.26. The summed E-state index contributed by atoms with van der Waals surface area (Å²) in [5.74, 6) is 0.891. The highest BCUT2D eigenvalue weighted by molar-refractivity contribution is 7.22. The molecule has 0 saturated carbocycles. The van der Waals surface area contributed by atoms with Crippen molar-refractivity contribution in [1.82, 2.24) is 15.2 Å². The maximum absolute atomic E-state index is 12.6. The van der Waals surface area contributed by atoms with Crippen molar-refractivity contribution in [3.63, 3.8) is 0 Å². The van der Waals surface area contributed by atoms with Gasteiger partial charge in [-0.05, 0) is 50.1 Å². The minimum Gasteiger partial charge on any atom is -0.355 e. The standard InChI is InChI=1S/C18H18ClN5OS/c1-11-2-5-16(23-22-11)24-8-6-12(7-9-24)17(25)21-18-20-14-4-3-13(19)10-15(14)26-18/h2-5,10,12H,6-9H2,1H3,(H,20,21,25). The van der Waals surface area contributed by atoms with Gasteiger partial charge in [0.1, 0.15) is 0 Å². The molecule has 134 valence electrons. The quantitative estimate of drug-likeness (QED) is 0.737. The predicted octanol–water partition coefficient (Wildman–Crippen LogP) is 3.90. The summed E-state index contributed by atoms with van der Waals surface area (Å²) in [7, 11) is 0. The summed E-state index contributed by atoms with van der Waals surface area (Å²) in [6, 6.07) is 9.48. The number of anilines is 2. The fraction of sp³-hybridized carbons (Fsp3) is 0.333. The van der Waals surface area contributed by atoms with Crippen LogP contribution in [0.25, 0.3) is 10.2 Å². The van der Waals surface area contributed by atoms with Crippen molar-refractivity contribution in [3.8, 4) is 0 Å². The average Bonchev–Trinajstić information content (AvgIpc) is 3.03. The minimum atomic E-state index is -0.0137. The van der Waals surface area contributed by atoms with E-state index < -0.39 is 0 Å². The largest absolute Gasteiger partial charge is 0.355 e. The molecule has 26 heavy (non-hydrogen) atoms. The number of nitrogens with zero attached hydrogens (tertiary/aromatic N) is 4. The molecule has 0 bridgehead atoms. The first kappa shape index (κ1) is 17.2. The van der Waals surface area contributed by atoms with Gasteiger partial charge in [0.2, 0.25) is 5.91 Å². The van der Waals surface area contributed by atoms with Crippen LogP contribution in [0, 0.1) is 12.8 Å². The van der Waals surface area contributed by atoms with Crippen molar-refractivity contribution in [1.29, 1.82) is 0 Å². The molecule has 0 atom stereocenters. The highest BCUT2D eigenvalue weighted by atomic mass is 35.5. The number of carbonyl (C=O) groups is 1. The molecule has 3 heterocycles. The van der Waals surface area contributed by atoms with Crippen LogP contribution in [-0.2, 0) is 4.79 Å². The molecule has 0 radical (unpaired) electrons. The van der Waals surface area contributed by atoms with Crippen molar-refractivity contribution in [2.75, 3.05) is 23.3 Å². The lowest BCUT2D eigenvalue weighted by Gasteiger charge is -2.31. The van der Waals surface area contributed by atoms with Gasteiger partial charge in [0, 0.05) is 24.0 Å². The first-order valence-corrected chi connectivity index (χ1v) is 9.70. The Kier molecular flexibility index (Phi) is 4.74. The van der Waals surface area contributed by atoms with Gasteiger partial charge in [-0.1, -0.05) is 22.9 Å². The number of aromatic nitrogens is 3. The number of amides is 1. The summed E-state index contributed by atoms with van der Waals surface area (Å²) in [6.45, 7) is 3.51. The van der Waals surface area contributed by atoms with E-state index >= 15 is 0 Å². The molecule has 1 aromatic carbocycles. The van der Waals surface area contributed by atoms with Crippen molar-refractivity contribution >= 4 is 50.0 Å². The molecule has 1 saturated heterocycles. The van der Waals surface area contributed by atoms with Crippen molar-refractivity contribution in [2.24, 2.45) is 5.92 Å². The average molecular weight is 388 g/mol. The zero-order valence-corrected chi connectivity index (χ0v) is 15.8. The van der Waals surface area contributed by atoms with E-state index in [9.17, 15) is 4.79 Å². The maximum Gasteiger partial charge on any atom is 0.229 e. The second-order valence-electron chi connectivity index (χ2n) is 6.41. The molecule has 1 fully saturated rings. The molecule has 8 heteroatoms. The second kappa shape index (κ2) is 7.17. The fourth-order valence-electron chi connectivity index (χ4n) is 3.09. The number of halogens is 1. The number of thiazole rings is 1. The number of hydrogen-bond donors (Lipinski definition) is 1. The van der Waals surface area contributed by atoms with E-state index in [0.29, 0.717) is 10.2 Å². The number of carbonyl (C=O) groups excluding carboxylic acids is 1. The smallest absolute Gasteiger partial charge is 0.229 e. The number of nitrogens with one attached hydrogen (secondary N) is 1. The Labute approximate surface area is 160 Å². The lowest BCUT2D eigenvalue weighted by Crippen LogP contribution is -2.38. The zero-order chi connectivity index (χ0) is 18.1. The van der Waals surface area contributed by atoms with Gasteiger partial charge in [0.05, 0.1) is 15.9 Å². The Balaban J connectivity index is 1.37. The van der Waals surface area contributed by atoms with E-state index in [0.717, 1.165) is 47.7 Å². The highest BCUT2D eigenvalue weighted by Crippen LogP contribution is 2.29. The van der Waals surface area contributed by atoms with Crippen LogP contribution in [0.15, 0.2) is 30.3 Å². The summed E-state index contributed by atoms with van der Waals surface area (Å²) in [5, 5.41) is 12.6. The Morgan fingerprint density at radius 2 is 2.04 bits per heavy atom. The van der Waals surface area contributed by atoms with E-state index in [1.165, 1.54) is 11.3 Å². The first-order valence-electron chi connectivity index (χ1n) is 8.51. The van der Waals surface area contributed by atoms with Gasteiger partial charge in [-0.25, -0.2) is 4.98 Å². The van der Waals surface area contributed by atoms with Gasteiger partial charge in [-0.15, -0.1) is 5.10 Å². The minimum absolute atomic E-state index is 0.0137. The monoisotopic (exact) mass is 387 g/mol. The summed E-state index contributed by atoms with van der Waals surface area (Å²) < 4.78 is 0.973. The van der Waals surface area contributed by atoms with Crippen LogP contribution < -0.4 is 10.2 Å². The van der Waals surface area contributed by atoms with Gasteiger partial charge < -0.3 is 10.2 Å². The third kappa shape index (κ3) is 3.64. The maximum atomic E-state index is 12.6. The molecular formula is C18H18ClN5OS. The number of benzene rings is 1. The van der Waals surface area contributed by atoms with Crippen LogP contribution in [0.2, 0.25) is 5.02 Å². The molecule has 0 spiro atoms. The van der Waals surface area contributed by atoms with E-state index in [2.05, 4.69) is 25.4 Å². The number of rotatable bonds is 3. The van der Waals surface area contributed by atoms with E-state index in [4.69, 9.17) is 11.6 Å². The van der Waals surface area contributed by atoms with Crippen LogP contribution in [-0.4, -0.2) is 34.2 Å². The van der Waals surface area contributed by atoms with E-state index in [1.807, 2.05) is 31.2 Å². The van der Waals surface area contributed by atoms with Crippen LogP contribution in [0.3, 0.4) is 0 Å². The van der Waals surface area contributed by atoms with Crippen molar-refractivity contribution < 1.29 is 4.79 Å². The molecule has 3 aromatic rings. The zero-order valence-electron chi connectivity index (χ0n) is 14.3. The molecule has 1 N–H and O–H groups in total. The summed E-state index contributed by atoms with van der Waals surface area (Å²) in [4.78, 5) is 19.2. The molecule has 6 nitrogen and oxygen atoms in total. The number of aryl methyl sites for hydroxylation is 1. The number of fused-ring (bicyclic) bond motifs is 1. The molecule has 2 aromatic heterocycles. The van der Waals surface area contributed by atoms with Crippen LogP contribution in [0.4, 0.5) is 10.9 Å². The molecule has 1 aliphatic rings. The fourth-order valence-corrected chi connectivity index (χ4v) is 4.24. The normalized spacial score (nSPS) is 15.4. The van der Waals surface area contributed by atoms with Crippen molar-refractivity contribution in [3.05, 3.63) is 41.0 Å². The summed E-state index contributed by atoms with van der Waals surface area (Å²) in [6.07, 6.45) is 1.58. The lowest BCUT2D eigenvalue weighted by molar-refractivity contribution is -0.120. The van der Waals surface area contributed by atoms with Crippen LogP contribution in [0.5, 0.6) is 0 Å². The van der Waals surface area contributed by atoms with E-state index in [-0.39, 0.29) is 11.8 Å². The molecule has 1 amide bonds. The predicted molar refractivity (Wildman–Crippen MR) is 105 cm³/mol. The van der Waals surface area contributed by atoms with Crippen molar-refractivity contribution in [2.45, 2.75) is 19.8 Å². The number of hydrogen-bond acceptors (Lipinski definition) is 6. The molecule has 1 aliphatic heterocycles. The molecule has 4 rings (SSSR count). The van der Waals surface area contributed by atoms with Crippen LogP contribution in [0.1, 0.15) is 18.5 Å². The second-order valence-corrected chi connectivity index (χ2v) is 7.88. The Morgan fingerprint density at radius 1 is 1.23 bits per heavy atom. The summed E-state index contributed by atoms with van der Waals surface area (Å²) >= 11 is 7.45. The topological polar surface area (TPSA) is 71.0 Å². The SMILES string of the molecule is Cc1ccc(N2CCC(C(=O)Nc3nc4ccc(Cl)cc4s3)CC2)nn1. The van der Waals surface area contributed by atoms with E-state index in [1.54, 1.807) is 6.07 Å². The van der Waals surface area contributed by atoms with Gasteiger partial charge in [0.15, 0.2) is 10.9 Å². The molecule has 0 unspecified atom stereocenters. The van der Waals surface area contributed by atoms with Gasteiger partial charge >= 0.3 is 0 Å². The van der Waals surface area contributed by atoms with Gasteiger partial charge in [-0.2, -0.15) is 5.10 Å². The Morgan fingerprint density at radius 3 is 2.77 bits per heavy atom. The Hall–Kier alpha value is -2.25. The third-order valence-corrected chi connectivity index (χ3v) is 5.72. The summed E-state index contributed by atoms with van der Waals surface area (Å²) in [5.41, 5.74) is 1.75. The first-order chi connectivity index (χ1) is 12.6. The van der Waals surface area contributed by atoms with Gasteiger partial charge in [-0.3, -0.25) is 4.79 Å². The number of piperidine rings is 1. The third-order valence-electron chi connectivity index (χ3n) is 4.55. The van der Waals surface area contributed by atoms with Gasteiger partial charge in [0.25, 0.3) is 0 Å². The molecular weight excluding hydrogens is 370 g/mol. The van der Waals surface area contributed by atoms with Crippen LogP contribution >= 0.6 is 22.9 Å².